The molecule has 1 atom stereocenters. The largest absolute Gasteiger partial charge is 0.437 e. The lowest BCUT2D eigenvalue weighted by Gasteiger charge is -2.23. The van der Waals surface area contributed by atoms with Gasteiger partial charge in [-0.2, -0.15) is 0 Å². The maximum atomic E-state index is 15.0. The van der Waals surface area contributed by atoms with Crippen molar-refractivity contribution in [2.75, 3.05) is 28.9 Å². The van der Waals surface area contributed by atoms with Gasteiger partial charge in [0.05, 0.1) is 22.7 Å². The fraction of sp³-hybridized carbons (Fsp3) is 0.367. The van der Waals surface area contributed by atoms with E-state index in [1.54, 1.807) is 36.7 Å². The number of halogens is 2. The van der Waals surface area contributed by atoms with Crippen LogP contribution in [0.5, 0.6) is 11.6 Å². The fourth-order valence-corrected chi connectivity index (χ4v) is 6.16. The van der Waals surface area contributed by atoms with E-state index in [0.29, 0.717) is 33.7 Å². The first-order chi connectivity index (χ1) is 20.0. The molecule has 1 saturated heterocycles. The number of hydrogen-bond acceptors (Lipinski definition) is 8. The number of fused-ring (bicyclic) bond motifs is 1. The van der Waals surface area contributed by atoms with Crippen LogP contribution < -0.4 is 20.1 Å². The highest BCUT2D eigenvalue weighted by Gasteiger charge is 2.24. The molecule has 42 heavy (non-hydrogen) atoms. The van der Waals surface area contributed by atoms with Crippen LogP contribution in [0, 0.1) is 12.7 Å². The van der Waals surface area contributed by atoms with Crippen LogP contribution in [-0.2, 0) is 10.0 Å². The Balaban J connectivity index is 1.48. The highest BCUT2D eigenvalue weighted by molar-refractivity contribution is 7.92. The zero-order valence-electron chi connectivity index (χ0n) is 23.7. The lowest BCUT2D eigenvalue weighted by Crippen LogP contribution is -2.38. The van der Waals surface area contributed by atoms with Crippen molar-refractivity contribution in [1.82, 2.24) is 20.3 Å². The molecule has 0 bridgehead atoms. The van der Waals surface area contributed by atoms with Gasteiger partial charge in [0.2, 0.25) is 21.9 Å². The van der Waals surface area contributed by atoms with E-state index in [-0.39, 0.29) is 24.0 Å². The smallest absolute Gasteiger partial charge is 0.232 e. The quantitative estimate of drug-likeness (QED) is 0.205. The third-order valence-corrected chi connectivity index (χ3v) is 8.31. The van der Waals surface area contributed by atoms with Crippen molar-refractivity contribution in [2.24, 2.45) is 0 Å². The summed E-state index contributed by atoms with van der Waals surface area (Å²) in [6, 6.07) is 11.7. The van der Waals surface area contributed by atoms with Gasteiger partial charge in [-0.25, -0.2) is 32.2 Å². The minimum absolute atomic E-state index is 0.223. The summed E-state index contributed by atoms with van der Waals surface area (Å²) >= 11 is 0. The molecule has 0 saturated carbocycles. The zero-order valence-corrected chi connectivity index (χ0v) is 24.6. The van der Waals surface area contributed by atoms with Crippen molar-refractivity contribution >= 4 is 32.4 Å². The van der Waals surface area contributed by atoms with Gasteiger partial charge in [0.15, 0.2) is 0 Å². The number of nitrogens with one attached hydrogen (secondary N) is 3. The highest BCUT2D eigenvalue weighted by atomic mass is 32.2. The van der Waals surface area contributed by atoms with Crippen LogP contribution in [0.2, 0.25) is 0 Å². The van der Waals surface area contributed by atoms with Crippen molar-refractivity contribution in [3.8, 4) is 22.9 Å². The standard InChI is InChI=1S/C30H34F2N6O3S/c1-19-8-9-21-22(10-11-24(31)26(21)38-42(39,40)17-13-30(2,3)32)27(19)41-28-23(7-5-15-34-28)25-12-16-35-29(37-25)36-20-6-4-14-33-18-20/h5,7-12,15-16,20,33,38H,4,6,13-14,17-18H2,1-3H3,(H,35,36,37)/t20-/m0/s1. The van der Waals surface area contributed by atoms with E-state index in [2.05, 4.69) is 25.3 Å². The summed E-state index contributed by atoms with van der Waals surface area (Å²) in [5.74, 6) is -0.0903. The molecule has 0 amide bonds. The van der Waals surface area contributed by atoms with Crippen molar-refractivity contribution in [1.29, 1.82) is 0 Å². The van der Waals surface area contributed by atoms with Crippen LogP contribution in [-0.4, -0.2) is 53.9 Å². The molecule has 3 heterocycles. The van der Waals surface area contributed by atoms with Crippen LogP contribution in [0.1, 0.15) is 38.7 Å². The molecule has 12 heteroatoms. The molecule has 3 N–H and O–H groups in total. The van der Waals surface area contributed by atoms with Crippen LogP contribution in [0.15, 0.2) is 54.9 Å². The molecule has 0 aliphatic carbocycles. The Morgan fingerprint density at radius 3 is 2.67 bits per heavy atom. The molecule has 0 unspecified atom stereocenters. The van der Waals surface area contributed by atoms with Gasteiger partial charge in [0.25, 0.3) is 0 Å². The Labute approximate surface area is 244 Å². The highest BCUT2D eigenvalue weighted by Crippen LogP contribution is 2.39. The number of ether oxygens (including phenoxy) is 1. The van der Waals surface area contributed by atoms with E-state index in [9.17, 15) is 17.2 Å². The Morgan fingerprint density at radius 2 is 1.90 bits per heavy atom. The lowest BCUT2D eigenvalue weighted by molar-refractivity contribution is 0.211. The number of hydrogen-bond donors (Lipinski definition) is 3. The van der Waals surface area contributed by atoms with Gasteiger partial charge < -0.3 is 15.4 Å². The monoisotopic (exact) mass is 596 g/mol. The maximum absolute atomic E-state index is 15.0. The molecular weight excluding hydrogens is 562 g/mol. The van der Waals surface area contributed by atoms with Crippen LogP contribution in [0.25, 0.3) is 22.0 Å². The summed E-state index contributed by atoms with van der Waals surface area (Å²) in [4.78, 5) is 13.5. The molecule has 1 aliphatic heterocycles. The summed E-state index contributed by atoms with van der Waals surface area (Å²) in [6.45, 7) is 6.26. The molecule has 9 nitrogen and oxygen atoms in total. The first-order valence-electron chi connectivity index (χ1n) is 13.8. The fourth-order valence-electron chi connectivity index (χ4n) is 4.78. The van der Waals surface area contributed by atoms with Crippen LogP contribution in [0.4, 0.5) is 20.4 Å². The Morgan fingerprint density at radius 1 is 1.10 bits per heavy atom. The third kappa shape index (κ3) is 7.11. The van der Waals surface area contributed by atoms with Crippen molar-refractivity contribution in [3.63, 3.8) is 0 Å². The molecule has 1 fully saturated rings. The minimum Gasteiger partial charge on any atom is -0.437 e. The summed E-state index contributed by atoms with van der Waals surface area (Å²) in [6.07, 6.45) is 5.13. The summed E-state index contributed by atoms with van der Waals surface area (Å²) in [7, 11) is -4.03. The molecular formula is C30H34F2N6O3S. The first-order valence-corrected chi connectivity index (χ1v) is 15.5. The van der Waals surface area contributed by atoms with E-state index < -0.39 is 27.3 Å². The number of benzene rings is 2. The zero-order chi connectivity index (χ0) is 29.9. The van der Waals surface area contributed by atoms with Gasteiger partial charge in [-0.1, -0.05) is 12.1 Å². The molecule has 1 aliphatic rings. The number of aromatic nitrogens is 3. The van der Waals surface area contributed by atoms with Crippen LogP contribution >= 0.6 is 0 Å². The second-order valence-electron chi connectivity index (χ2n) is 11.0. The molecule has 4 aromatic rings. The van der Waals surface area contributed by atoms with E-state index >= 15 is 0 Å². The molecule has 2 aromatic carbocycles. The second kappa shape index (κ2) is 12.1. The number of aryl methyl sites for hydroxylation is 1. The van der Waals surface area contributed by atoms with Gasteiger partial charge in [0.1, 0.15) is 17.2 Å². The van der Waals surface area contributed by atoms with E-state index in [1.165, 1.54) is 26.0 Å². The normalized spacial score (nSPS) is 15.9. The van der Waals surface area contributed by atoms with Crippen molar-refractivity contribution in [3.05, 3.63) is 66.2 Å². The number of nitrogens with zero attached hydrogens (tertiary/aromatic N) is 3. The van der Waals surface area contributed by atoms with Gasteiger partial charge in [-0.3, -0.25) is 4.72 Å². The number of sulfonamides is 1. The lowest BCUT2D eigenvalue weighted by atomic mass is 10.0. The average molecular weight is 597 g/mol. The third-order valence-electron chi connectivity index (χ3n) is 7.05. The van der Waals surface area contributed by atoms with E-state index in [1.807, 2.05) is 13.0 Å². The van der Waals surface area contributed by atoms with E-state index in [0.717, 1.165) is 31.5 Å². The number of rotatable bonds is 10. The SMILES string of the molecule is Cc1ccc2c(NS(=O)(=O)CCC(C)(C)F)c(F)ccc2c1Oc1ncccc1-c1ccnc(N[C@H]2CCCNC2)n1. The summed E-state index contributed by atoms with van der Waals surface area (Å²) < 4.78 is 63.1. The second-order valence-corrected chi connectivity index (χ2v) is 12.9. The van der Waals surface area contributed by atoms with Gasteiger partial charge in [0, 0.05) is 35.8 Å². The van der Waals surface area contributed by atoms with Gasteiger partial charge >= 0.3 is 0 Å². The Bertz CT molecular complexity index is 1690. The predicted molar refractivity (Wildman–Crippen MR) is 161 cm³/mol. The summed E-state index contributed by atoms with van der Waals surface area (Å²) in [5, 5.41) is 7.52. The van der Waals surface area contributed by atoms with Crippen LogP contribution in [0.3, 0.4) is 0 Å². The topological polar surface area (TPSA) is 118 Å². The predicted octanol–water partition coefficient (Wildman–Crippen LogP) is 5.98. The maximum Gasteiger partial charge on any atom is 0.232 e. The summed E-state index contributed by atoms with van der Waals surface area (Å²) in [5.41, 5.74) is 0.0519. The van der Waals surface area contributed by atoms with Crippen molar-refractivity contribution < 1.29 is 21.9 Å². The Kier molecular flexibility index (Phi) is 8.55. The van der Waals surface area contributed by atoms with E-state index in [4.69, 9.17) is 9.72 Å². The molecule has 2 aromatic heterocycles. The average Bonchev–Trinajstić information content (AvgIpc) is 2.95. The molecule has 0 radical (unpaired) electrons. The molecule has 0 spiro atoms. The number of pyridine rings is 1. The Hall–Kier alpha value is -3.90. The first kappa shape index (κ1) is 29.6. The van der Waals surface area contributed by atoms with Crippen molar-refractivity contribution in [2.45, 2.75) is 51.7 Å². The van der Waals surface area contributed by atoms with Gasteiger partial charge in [-0.15, -0.1) is 0 Å². The number of piperidine rings is 1. The molecule has 5 rings (SSSR count). The minimum atomic E-state index is -4.03. The van der Waals surface area contributed by atoms with Gasteiger partial charge in [-0.05, 0) is 82.5 Å². The molecule has 222 valence electrons. The number of alkyl halides is 1. The number of anilines is 2.